The molecular weight excluding hydrogens is 250 g/mol. The van der Waals surface area contributed by atoms with E-state index in [1.54, 1.807) is 24.3 Å². The van der Waals surface area contributed by atoms with Gasteiger partial charge >= 0.3 is 6.03 Å². The number of carbonyl (C=O) groups excluding carboxylic acids is 1. The van der Waals surface area contributed by atoms with Crippen LogP contribution in [-0.2, 0) is 6.42 Å². The van der Waals surface area contributed by atoms with Crippen LogP contribution in [0.1, 0.15) is 11.1 Å². The molecule has 0 heterocycles. The van der Waals surface area contributed by atoms with E-state index >= 15 is 0 Å². The van der Waals surface area contributed by atoms with Crippen molar-refractivity contribution in [1.29, 1.82) is 0 Å². The van der Waals surface area contributed by atoms with Gasteiger partial charge in [0.15, 0.2) is 0 Å². The predicted molar refractivity (Wildman–Crippen MR) is 82.8 cm³/mol. The van der Waals surface area contributed by atoms with Gasteiger partial charge in [0.2, 0.25) is 0 Å². The molecule has 0 bridgehead atoms. The molecule has 0 spiro atoms. The first-order valence-corrected chi connectivity index (χ1v) is 6.59. The minimum Gasteiger partial charge on any atom is -0.399 e. The fourth-order valence-corrected chi connectivity index (χ4v) is 1.93. The van der Waals surface area contributed by atoms with Gasteiger partial charge in [0.05, 0.1) is 0 Å². The van der Waals surface area contributed by atoms with Crippen LogP contribution in [0.2, 0.25) is 0 Å². The van der Waals surface area contributed by atoms with Crippen LogP contribution in [0.4, 0.5) is 16.2 Å². The highest BCUT2D eigenvalue weighted by molar-refractivity contribution is 5.89. The van der Waals surface area contributed by atoms with Crippen molar-refractivity contribution in [3.63, 3.8) is 0 Å². The Balaban J connectivity index is 1.76. The topological polar surface area (TPSA) is 67.2 Å². The number of benzene rings is 2. The molecule has 0 saturated heterocycles. The number of rotatable bonds is 4. The molecule has 0 aromatic heterocycles. The summed E-state index contributed by atoms with van der Waals surface area (Å²) in [6, 6.07) is 15.1. The highest BCUT2D eigenvalue weighted by Crippen LogP contribution is 2.10. The van der Waals surface area contributed by atoms with Crippen molar-refractivity contribution < 1.29 is 4.79 Å². The molecule has 104 valence electrons. The Hall–Kier alpha value is -2.49. The number of hydrogen-bond acceptors (Lipinski definition) is 2. The van der Waals surface area contributed by atoms with Gasteiger partial charge in [0.1, 0.15) is 0 Å². The lowest BCUT2D eigenvalue weighted by molar-refractivity contribution is 0.252. The maximum atomic E-state index is 11.7. The van der Waals surface area contributed by atoms with Crippen LogP contribution < -0.4 is 16.4 Å². The number of urea groups is 1. The van der Waals surface area contributed by atoms with Crippen LogP contribution in [-0.4, -0.2) is 12.6 Å². The van der Waals surface area contributed by atoms with Crippen LogP contribution >= 0.6 is 0 Å². The van der Waals surface area contributed by atoms with Crippen LogP contribution in [0.3, 0.4) is 0 Å². The van der Waals surface area contributed by atoms with Gasteiger partial charge in [-0.2, -0.15) is 0 Å². The van der Waals surface area contributed by atoms with Crippen molar-refractivity contribution in [2.75, 3.05) is 17.6 Å². The zero-order valence-electron chi connectivity index (χ0n) is 11.5. The molecular formula is C16H19N3O. The largest absolute Gasteiger partial charge is 0.399 e. The van der Waals surface area contributed by atoms with Crippen LogP contribution in [0.25, 0.3) is 0 Å². The Labute approximate surface area is 119 Å². The zero-order chi connectivity index (χ0) is 14.4. The molecule has 0 fully saturated rings. The minimum absolute atomic E-state index is 0.206. The van der Waals surface area contributed by atoms with Crippen LogP contribution in [0.15, 0.2) is 48.5 Å². The number of nitrogen functional groups attached to an aromatic ring is 1. The summed E-state index contributed by atoms with van der Waals surface area (Å²) in [4.78, 5) is 11.7. The third-order valence-corrected chi connectivity index (χ3v) is 2.95. The third-order valence-electron chi connectivity index (χ3n) is 2.95. The monoisotopic (exact) mass is 269 g/mol. The Morgan fingerprint density at radius 3 is 2.60 bits per heavy atom. The van der Waals surface area contributed by atoms with Crippen molar-refractivity contribution in [3.8, 4) is 0 Å². The van der Waals surface area contributed by atoms with Crippen molar-refractivity contribution in [2.45, 2.75) is 13.3 Å². The second-order valence-corrected chi connectivity index (χ2v) is 4.74. The standard InChI is InChI=1S/C16H19N3O/c1-12-3-2-4-13(11-12)9-10-18-16(20)19-15-7-5-14(17)6-8-15/h2-8,11H,9-10,17H2,1H3,(H2,18,19,20). The van der Waals surface area contributed by atoms with E-state index in [0.717, 1.165) is 12.1 Å². The van der Waals surface area contributed by atoms with Crippen LogP contribution in [0, 0.1) is 6.92 Å². The van der Waals surface area contributed by atoms with E-state index in [-0.39, 0.29) is 6.03 Å². The first kappa shape index (κ1) is 13.9. The second kappa shape index (κ2) is 6.61. The molecule has 4 heteroatoms. The van der Waals surface area contributed by atoms with E-state index in [4.69, 9.17) is 5.73 Å². The van der Waals surface area contributed by atoms with Gasteiger partial charge < -0.3 is 16.4 Å². The molecule has 0 radical (unpaired) electrons. The Kier molecular flexibility index (Phi) is 4.60. The molecule has 2 amide bonds. The predicted octanol–water partition coefficient (Wildman–Crippen LogP) is 2.94. The minimum atomic E-state index is -0.206. The molecule has 20 heavy (non-hydrogen) atoms. The molecule has 0 saturated carbocycles. The fraction of sp³-hybridized carbons (Fsp3) is 0.188. The Bertz CT molecular complexity index is 579. The molecule has 0 aliphatic carbocycles. The molecule has 2 rings (SSSR count). The zero-order valence-corrected chi connectivity index (χ0v) is 11.5. The van der Waals surface area contributed by atoms with Gasteiger partial charge in [-0.15, -0.1) is 0 Å². The van der Waals surface area contributed by atoms with E-state index in [2.05, 4.69) is 35.8 Å². The highest BCUT2D eigenvalue weighted by atomic mass is 16.2. The van der Waals surface area contributed by atoms with Gasteiger partial charge in [0.25, 0.3) is 0 Å². The van der Waals surface area contributed by atoms with E-state index in [1.807, 2.05) is 6.07 Å². The number of nitrogens with two attached hydrogens (primary N) is 1. The summed E-state index contributed by atoms with van der Waals surface area (Å²) >= 11 is 0. The number of amides is 2. The van der Waals surface area contributed by atoms with Crippen molar-refractivity contribution in [3.05, 3.63) is 59.7 Å². The van der Waals surface area contributed by atoms with E-state index < -0.39 is 0 Å². The van der Waals surface area contributed by atoms with Crippen molar-refractivity contribution >= 4 is 17.4 Å². The Morgan fingerprint density at radius 1 is 1.15 bits per heavy atom. The summed E-state index contributed by atoms with van der Waals surface area (Å²) in [7, 11) is 0. The van der Waals surface area contributed by atoms with Crippen molar-refractivity contribution in [2.24, 2.45) is 0 Å². The average molecular weight is 269 g/mol. The second-order valence-electron chi connectivity index (χ2n) is 4.74. The molecule has 2 aromatic rings. The van der Waals surface area contributed by atoms with Gasteiger partial charge in [-0.05, 0) is 43.2 Å². The normalized spacial score (nSPS) is 10.1. The highest BCUT2D eigenvalue weighted by Gasteiger charge is 2.01. The number of anilines is 2. The quantitative estimate of drug-likeness (QED) is 0.747. The Morgan fingerprint density at radius 2 is 1.90 bits per heavy atom. The lowest BCUT2D eigenvalue weighted by Crippen LogP contribution is -2.30. The summed E-state index contributed by atoms with van der Waals surface area (Å²) < 4.78 is 0. The van der Waals surface area contributed by atoms with Crippen molar-refractivity contribution in [1.82, 2.24) is 5.32 Å². The summed E-state index contributed by atoms with van der Waals surface area (Å²) in [5, 5.41) is 5.59. The number of nitrogens with one attached hydrogen (secondary N) is 2. The maximum absolute atomic E-state index is 11.7. The van der Waals surface area contributed by atoms with Crippen LogP contribution in [0.5, 0.6) is 0 Å². The fourth-order valence-electron chi connectivity index (χ4n) is 1.93. The molecule has 0 aliphatic rings. The van der Waals surface area contributed by atoms with Gasteiger partial charge in [-0.3, -0.25) is 0 Å². The number of hydrogen-bond donors (Lipinski definition) is 3. The summed E-state index contributed by atoms with van der Waals surface area (Å²) in [5.74, 6) is 0. The summed E-state index contributed by atoms with van der Waals surface area (Å²) in [6.45, 7) is 2.66. The summed E-state index contributed by atoms with van der Waals surface area (Å²) in [6.07, 6.45) is 0.816. The average Bonchev–Trinajstić information content (AvgIpc) is 2.41. The van der Waals surface area contributed by atoms with Gasteiger partial charge in [-0.25, -0.2) is 4.79 Å². The SMILES string of the molecule is Cc1cccc(CCNC(=O)Nc2ccc(N)cc2)c1. The summed E-state index contributed by atoms with van der Waals surface area (Å²) in [5.41, 5.74) is 9.44. The molecule has 4 N–H and O–H groups in total. The smallest absolute Gasteiger partial charge is 0.319 e. The first-order valence-electron chi connectivity index (χ1n) is 6.59. The van der Waals surface area contributed by atoms with Gasteiger partial charge in [-0.1, -0.05) is 29.8 Å². The van der Waals surface area contributed by atoms with E-state index in [0.29, 0.717) is 12.2 Å². The molecule has 0 atom stereocenters. The first-order chi connectivity index (χ1) is 9.63. The molecule has 4 nitrogen and oxygen atoms in total. The lowest BCUT2D eigenvalue weighted by atomic mass is 10.1. The molecule has 2 aromatic carbocycles. The lowest BCUT2D eigenvalue weighted by Gasteiger charge is -2.08. The number of carbonyl (C=O) groups is 1. The van der Waals surface area contributed by atoms with E-state index in [1.165, 1.54) is 11.1 Å². The number of aryl methyl sites for hydroxylation is 1. The third kappa shape index (κ3) is 4.31. The van der Waals surface area contributed by atoms with E-state index in [9.17, 15) is 4.79 Å². The maximum Gasteiger partial charge on any atom is 0.319 e. The van der Waals surface area contributed by atoms with Gasteiger partial charge in [0, 0.05) is 17.9 Å². The molecule has 0 aliphatic heterocycles. The molecule has 0 unspecified atom stereocenters.